The van der Waals surface area contributed by atoms with E-state index in [0.29, 0.717) is 39.1 Å². The maximum absolute atomic E-state index is 13.0. The van der Waals surface area contributed by atoms with Gasteiger partial charge >= 0.3 is 0 Å². The number of benzene rings is 1. The number of piperidine rings is 1. The van der Waals surface area contributed by atoms with Gasteiger partial charge in [0.2, 0.25) is 15.9 Å². The summed E-state index contributed by atoms with van der Waals surface area (Å²) in [6.07, 6.45) is 3.81. The monoisotopic (exact) mass is 444 g/mol. The molecule has 2 aliphatic heterocycles. The summed E-state index contributed by atoms with van der Waals surface area (Å²) in [6, 6.07) is 8.05. The van der Waals surface area contributed by atoms with Crippen LogP contribution in [0.1, 0.15) is 31.2 Å². The molecule has 1 aromatic carbocycles. The van der Waals surface area contributed by atoms with Crippen LogP contribution in [0.3, 0.4) is 0 Å². The van der Waals surface area contributed by atoms with Crippen LogP contribution in [0, 0.1) is 5.92 Å². The van der Waals surface area contributed by atoms with Crippen molar-refractivity contribution in [1.29, 1.82) is 0 Å². The summed E-state index contributed by atoms with van der Waals surface area (Å²) in [7, 11) is -3.18. The zero-order valence-corrected chi connectivity index (χ0v) is 17.3. The average molecular weight is 445 g/mol. The predicted molar refractivity (Wildman–Crippen MR) is 103 cm³/mol. The van der Waals surface area contributed by atoms with Crippen molar-refractivity contribution in [3.8, 4) is 0 Å². The lowest BCUT2D eigenvalue weighted by atomic mass is 9.81. The number of rotatable bonds is 4. The fraction of sp³-hybridized carbons (Fsp3) is 0.611. The minimum atomic E-state index is -3.18. The van der Waals surface area contributed by atoms with Gasteiger partial charge in [0.25, 0.3) is 0 Å². The van der Waals surface area contributed by atoms with Crippen LogP contribution >= 0.6 is 15.9 Å². The molecule has 8 heteroatoms. The van der Waals surface area contributed by atoms with E-state index in [1.54, 1.807) is 0 Å². The molecule has 1 aromatic rings. The zero-order valence-electron chi connectivity index (χ0n) is 14.9. The Morgan fingerprint density at radius 3 is 2.50 bits per heavy atom. The van der Waals surface area contributed by atoms with Crippen molar-refractivity contribution >= 4 is 31.9 Å². The van der Waals surface area contributed by atoms with Crippen molar-refractivity contribution < 1.29 is 17.9 Å². The molecule has 2 heterocycles. The molecule has 3 rings (SSSR count). The molecule has 0 atom stereocenters. The van der Waals surface area contributed by atoms with Gasteiger partial charge in [-0.25, -0.2) is 12.7 Å². The SMILES string of the molecule is CS(=O)(=O)N1CCC(C(=O)NC2(c3cccc(Br)c3)CCOCC2)CC1. The van der Waals surface area contributed by atoms with Crippen molar-refractivity contribution in [2.24, 2.45) is 5.92 Å². The molecule has 1 N–H and O–H groups in total. The van der Waals surface area contributed by atoms with Crippen LogP contribution in [0.2, 0.25) is 0 Å². The summed E-state index contributed by atoms with van der Waals surface area (Å²) in [5, 5.41) is 3.29. The number of ether oxygens (including phenoxy) is 1. The van der Waals surface area contributed by atoms with Gasteiger partial charge in [-0.05, 0) is 43.4 Å². The second-order valence-corrected chi connectivity index (χ2v) is 10.0. The van der Waals surface area contributed by atoms with E-state index in [0.717, 1.165) is 22.9 Å². The highest BCUT2D eigenvalue weighted by molar-refractivity contribution is 9.10. The van der Waals surface area contributed by atoms with Gasteiger partial charge < -0.3 is 10.1 Å². The van der Waals surface area contributed by atoms with Gasteiger partial charge in [-0.2, -0.15) is 0 Å². The van der Waals surface area contributed by atoms with Gasteiger partial charge in [0.1, 0.15) is 0 Å². The summed E-state index contributed by atoms with van der Waals surface area (Å²) in [5.41, 5.74) is 0.657. The Morgan fingerprint density at radius 2 is 1.92 bits per heavy atom. The molecule has 0 spiro atoms. The third kappa shape index (κ3) is 4.47. The lowest BCUT2D eigenvalue weighted by Crippen LogP contribution is -2.52. The normalized spacial score (nSPS) is 22.1. The highest BCUT2D eigenvalue weighted by Gasteiger charge is 2.38. The molecular weight excluding hydrogens is 420 g/mol. The Kier molecular flexibility index (Phi) is 6.06. The lowest BCUT2D eigenvalue weighted by molar-refractivity contribution is -0.129. The van der Waals surface area contributed by atoms with E-state index in [9.17, 15) is 13.2 Å². The Labute approximate surface area is 163 Å². The molecule has 6 nitrogen and oxygen atoms in total. The second kappa shape index (κ2) is 7.96. The molecular formula is C18H25BrN2O4S. The molecule has 0 radical (unpaired) electrons. The van der Waals surface area contributed by atoms with E-state index in [-0.39, 0.29) is 11.8 Å². The summed E-state index contributed by atoms with van der Waals surface area (Å²) in [6.45, 7) is 2.03. The number of nitrogens with one attached hydrogen (secondary N) is 1. The molecule has 0 bridgehead atoms. The first-order valence-corrected chi connectivity index (χ1v) is 11.6. The van der Waals surface area contributed by atoms with Crippen LogP contribution in [-0.4, -0.2) is 51.2 Å². The van der Waals surface area contributed by atoms with Gasteiger partial charge in [-0.3, -0.25) is 4.79 Å². The van der Waals surface area contributed by atoms with Gasteiger partial charge in [-0.1, -0.05) is 28.1 Å². The highest BCUT2D eigenvalue weighted by atomic mass is 79.9. The molecule has 144 valence electrons. The number of carbonyl (C=O) groups is 1. The smallest absolute Gasteiger partial charge is 0.223 e. The quantitative estimate of drug-likeness (QED) is 0.772. The molecule has 26 heavy (non-hydrogen) atoms. The van der Waals surface area contributed by atoms with Crippen LogP contribution < -0.4 is 5.32 Å². The van der Waals surface area contributed by atoms with E-state index < -0.39 is 15.6 Å². The van der Waals surface area contributed by atoms with Crippen molar-refractivity contribution in [2.45, 2.75) is 31.2 Å². The predicted octanol–water partition coefficient (Wildman–Crippen LogP) is 2.24. The number of amides is 1. The number of sulfonamides is 1. The summed E-state index contributed by atoms with van der Waals surface area (Å²) in [5.74, 6) is -0.139. The fourth-order valence-electron chi connectivity index (χ4n) is 3.78. The first-order chi connectivity index (χ1) is 12.3. The van der Waals surface area contributed by atoms with Gasteiger partial charge in [0, 0.05) is 36.7 Å². The molecule has 1 amide bonds. The molecule has 0 saturated carbocycles. The van der Waals surface area contributed by atoms with Crippen LogP contribution in [0.5, 0.6) is 0 Å². The number of carbonyl (C=O) groups excluding carboxylic acids is 1. The Balaban J connectivity index is 1.73. The molecule has 0 unspecified atom stereocenters. The minimum absolute atomic E-state index is 0.0139. The molecule has 0 aliphatic carbocycles. The van der Waals surface area contributed by atoms with Crippen LogP contribution in [-0.2, 0) is 25.1 Å². The number of hydrogen-bond donors (Lipinski definition) is 1. The third-order valence-electron chi connectivity index (χ3n) is 5.38. The fourth-order valence-corrected chi connectivity index (χ4v) is 5.05. The molecule has 2 aliphatic rings. The van der Waals surface area contributed by atoms with E-state index in [4.69, 9.17) is 4.74 Å². The number of halogens is 1. The first kappa shape index (κ1) is 19.8. The number of nitrogens with zero attached hydrogens (tertiary/aromatic N) is 1. The summed E-state index contributed by atoms with van der Waals surface area (Å²) < 4.78 is 31.3. The van der Waals surface area contributed by atoms with Gasteiger partial charge in [0.05, 0.1) is 11.8 Å². The Morgan fingerprint density at radius 1 is 1.27 bits per heavy atom. The summed E-state index contributed by atoms with van der Waals surface area (Å²) >= 11 is 3.51. The van der Waals surface area contributed by atoms with Crippen molar-refractivity contribution in [3.05, 3.63) is 34.3 Å². The number of hydrogen-bond acceptors (Lipinski definition) is 4. The Bertz CT molecular complexity index is 754. The lowest BCUT2D eigenvalue weighted by Gasteiger charge is -2.40. The minimum Gasteiger partial charge on any atom is -0.381 e. The molecule has 2 saturated heterocycles. The Hall–Kier alpha value is -0.960. The van der Waals surface area contributed by atoms with Crippen LogP contribution in [0.25, 0.3) is 0 Å². The first-order valence-electron chi connectivity index (χ1n) is 8.91. The van der Waals surface area contributed by atoms with E-state index in [2.05, 4.69) is 27.3 Å². The van der Waals surface area contributed by atoms with Crippen molar-refractivity contribution in [3.63, 3.8) is 0 Å². The standard InChI is InChI=1S/C18H25BrN2O4S/c1-26(23,24)21-9-5-14(6-10-21)17(22)20-18(7-11-25-12-8-18)15-3-2-4-16(19)13-15/h2-4,13-14H,5-12H2,1H3,(H,20,22). The van der Waals surface area contributed by atoms with E-state index in [1.807, 2.05) is 18.2 Å². The van der Waals surface area contributed by atoms with Crippen molar-refractivity contribution in [1.82, 2.24) is 9.62 Å². The van der Waals surface area contributed by atoms with Crippen LogP contribution in [0.15, 0.2) is 28.7 Å². The summed E-state index contributed by atoms with van der Waals surface area (Å²) in [4.78, 5) is 13.0. The molecule has 0 aromatic heterocycles. The third-order valence-corrected chi connectivity index (χ3v) is 7.18. The zero-order chi connectivity index (χ0) is 18.8. The van der Waals surface area contributed by atoms with Crippen LogP contribution in [0.4, 0.5) is 0 Å². The van der Waals surface area contributed by atoms with Crippen molar-refractivity contribution in [2.75, 3.05) is 32.6 Å². The largest absolute Gasteiger partial charge is 0.381 e. The van der Waals surface area contributed by atoms with Gasteiger partial charge in [0.15, 0.2) is 0 Å². The maximum atomic E-state index is 13.0. The topological polar surface area (TPSA) is 75.7 Å². The van der Waals surface area contributed by atoms with Gasteiger partial charge in [-0.15, -0.1) is 0 Å². The second-order valence-electron chi connectivity index (χ2n) is 7.13. The highest BCUT2D eigenvalue weighted by Crippen LogP contribution is 2.34. The molecule has 2 fully saturated rings. The van der Waals surface area contributed by atoms with E-state index in [1.165, 1.54) is 10.6 Å². The average Bonchev–Trinajstić information content (AvgIpc) is 2.62. The van der Waals surface area contributed by atoms with E-state index >= 15 is 0 Å². The maximum Gasteiger partial charge on any atom is 0.223 e.